The third-order valence-electron chi connectivity index (χ3n) is 5.22. The second-order valence-corrected chi connectivity index (χ2v) is 7.81. The Balaban J connectivity index is 1.55. The molecule has 1 aliphatic rings. The maximum absolute atomic E-state index is 12.8. The molecule has 28 heavy (non-hydrogen) atoms. The summed E-state index contributed by atoms with van der Waals surface area (Å²) in [5, 5.41) is 13.9. The van der Waals surface area contributed by atoms with E-state index in [0.717, 1.165) is 22.0 Å². The number of hydrogen-bond acceptors (Lipinski definition) is 3. The Hall–Kier alpha value is -2.92. The van der Waals surface area contributed by atoms with Crippen molar-refractivity contribution in [1.29, 1.82) is 0 Å². The van der Waals surface area contributed by atoms with Gasteiger partial charge in [-0.1, -0.05) is 76.6 Å². The molecule has 4 rings (SSSR count). The number of carbonyl (C=O) groups excluding carboxylic acids is 1. The molecule has 1 saturated carbocycles. The lowest BCUT2D eigenvalue weighted by Gasteiger charge is -2.18. The molecular formula is C23H19BrN2O2. The van der Waals surface area contributed by atoms with E-state index in [1.807, 2.05) is 36.4 Å². The molecule has 0 spiro atoms. The fourth-order valence-corrected chi connectivity index (χ4v) is 4.11. The highest BCUT2D eigenvalue weighted by molar-refractivity contribution is 9.10. The first-order valence-electron chi connectivity index (χ1n) is 9.04. The van der Waals surface area contributed by atoms with Gasteiger partial charge in [-0.15, -0.1) is 0 Å². The number of halogens is 1. The molecule has 3 aromatic rings. The van der Waals surface area contributed by atoms with Crippen LogP contribution in [0, 0.1) is 5.92 Å². The summed E-state index contributed by atoms with van der Waals surface area (Å²) in [5.41, 5.74) is 5.12. The van der Waals surface area contributed by atoms with Crippen LogP contribution in [0.3, 0.4) is 0 Å². The van der Waals surface area contributed by atoms with Gasteiger partial charge in [-0.25, -0.2) is 5.43 Å². The molecule has 1 fully saturated rings. The van der Waals surface area contributed by atoms with Gasteiger partial charge in [0.25, 0.3) is 0 Å². The molecule has 1 unspecified atom stereocenters. The van der Waals surface area contributed by atoms with Crippen LogP contribution in [0.4, 0.5) is 0 Å². The lowest BCUT2D eigenvalue weighted by molar-refractivity contribution is -0.122. The van der Waals surface area contributed by atoms with Crippen LogP contribution in [0.1, 0.15) is 23.1 Å². The summed E-state index contributed by atoms with van der Waals surface area (Å²) in [6, 6.07) is 25.3. The number of nitrogens with zero attached hydrogens (tertiary/aromatic N) is 1. The van der Waals surface area contributed by atoms with Crippen molar-refractivity contribution in [2.75, 3.05) is 0 Å². The third-order valence-corrected chi connectivity index (χ3v) is 5.72. The number of hydrazone groups is 1. The average Bonchev–Trinajstić information content (AvgIpc) is 3.49. The van der Waals surface area contributed by atoms with Crippen LogP contribution in [0.25, 0.3) is 0 Å². The van der Waals surface area contributed by atoms with Gasteiger partial charge >= 0.3 is 0 Å². The first-order valence-corrected chi connectivity index (χ1v) is 9.83. The fraction of sp³-hybridized carbons (Fsp3) is 0.130. The Morgan fingerprint density at radius 3 is 2.25 bits per heavy atom. The number of aromatic hydroxyl groups is 1. The van der Waals surface area contributed by atoms with Crippen LogP contribution in [-0.2, 0) is 10.2 Å². The molecule has 140 valence electrons. The summed E-state index contributed by atoms with van der Waals surface area (Å²) in [7, 11) is 0. The zero-order valence-corrected chi connectivity index (χ0v) is 16.6. The van der Waals surface area contributed by atoms with Crippen molar-refractivity contribution in [3.8, 4) is 5.75 Å². The molecule has 0 aliphatic heterocycles. The number of benzene rings is 3. The lowest BCUT2D eigenvalue weighted by atomic mass is 9.85. The largest absolute Gasteiger partial charge is 0.507 e. The van der Waals surface area contributed by atoms with Gasteiger partial charge in [0.15, 0.2) is 0 Å². The smallest absolute Gasteiger partial charge is 0.244 e. The average molecular weight is 435 g/mol. The Morgan fingerprint density at radius 2 is 1.64 bits per heavy atom. The van der Waals surface area contributed by atoms with Crippen molar-refractivity contribution in [1.82, 2.24) is 5.43 Å². The number of rotatable bonds is 5. The Morgan fingerprint density at radius 1 is 1.04 bits per heavy atom. The molecule has 3 aromatic carbocycles. The van der Waals surface area contributed by atoms with Crippen molar-refractivity contribution in [2.45, 2.75) is 11.8 Å². The number of phenolic OH excluding ortho intramolecular Hbond substituents is 1. The van der Waals surface area contributed by atoms with Gasteiger partial charge in [0.2, 0.25) is 5.91 Å². The Labute approximate surface area is 172 Å². The molecule has 0 heterocycles. The molecule has 0 bridgehead atoms. The van der Waals surface area contributed by atoms with E-state index in [9.17, 15) is 9.90 Å². The van der Waals surface area contributed by atoms with E-state index in [1.54, 1.807) is 18.2 Å². The number of nitrogens with one attached hydrogen (secondary N) is 1. The van der Waals surface area contributed by atoms with Gasteiger partial charge < -0.3 is 5.11 Å². The minimum absolute atomic E-state index is 0.107. The monoisotopic (exact) mass is 434 g/mol. The molecule has 0 radical (unpaired) electrons. The molecule has 2 N–H and O–H groups in total. The van der Waals surface area contributed by atoms with E-state index in [1.165, 1.54) is 6.21 Å². The predicted octanol–water partition coefficient (Wildman–Crippen LogP) is 4.61. The van der Waals surface area contributed by atoms with E-state index in [4.69, 9.17) is 0 Å². The maximum Gasteiger partial charge on any atom is 0.244 e. The molecular weight excluding hydrogens is 416 g/mol. The number of phenols is 1. The van der Waals surface area contributed by atoms with Gasteiger partial charge in [0.05, 0.1) is 12.1 Å². The first kappa shape index (κ1) is 18.4. The second-order valence-electron chi connectivity index (χ2n) is 6.90. The van der Waals surface area contributed by atoms with Crippen molar-refractivity contribution in [3.63, 3.8) is 0 Å². The standard InChI is InChI=1S/C23H19BrN2O2/c24-19-11-12-21(27)16(13-19)15-25-26-22(28)20-14-23(20,17-7-3-1-4-8-17)18-9-5-2-6-10-18/h1-13,15,20,27H,14H2,(H,26,28)/b25-15+. The minimum atomic E-state index is -0.319. The zero-order valence-electron chi connectivity index (χ0n) is 15.0. The van der Waals surface area contributed by atoms with Crippen LogP contribution in [-0.4, -0.2) is 17.2 Å². The van der Waals surface area contributed by atoms with E-state index in [0.29, 0.717) is 5.56 Å². The van der Waals surface area contributed by atoms with Gasteiger partial charge in [-0.2, -0.15) is 5.10 Å². The summed E-state index contributed by atoms with van der Waals surface area (Å²) in [5.74, 6) is -0.209. The third kappa shape index (κ3) is 3.45. The normalized spacial score (nSPS) is 17.4. The van der Waals surface area contributed by atoms with E-state index >= 15 is 0 Å². The van der Waals surface area contributed by atoms with Crippen LogP contribution in [0.2, 0.25) is 0 Å². The predicted molar refractivity (Wildman–Crippen MR) is 113 cm³/mol. The molecule has 4 nitrogen and oxygen atoms in total. The van der Waals surface area contributed by atoms with Gasteiger partial charge in [0.1, 0.15) is 5.75 Å². The molecule has 1 aliphatic carbocycles. The zero-order chi connectivity index (χ0) is 19.6. The fourth-order valence-electron chi connectivity index (χ4n) is 3.73. The second kappa shape index (κ2) is 7.60. The quantitative estimate of drug-likeness (QED) is 0.454. The van der Waals surface area contributed by atoms with Crippen LogP contribution >= 0.6 is 15.9 Å². The number of carbonyl (C=O) groups is 1. The van der Waals surface area contributed by atoms with Gasteiger partial charge in [-0.05, 0) is 35.7 Å². The molecule has 5 heteroatoms. The highest BCUT2D eigenvalue weighted by Crippen LogP contribution is 2.58. The first-order chi connectivity index (χ1) is 13.6. The molecule has 1 amide bonds. The summed E-state index contributed by atoms with van der Waals surface area (Å²) >= 11 is 3.36. The van der Waals surface area contributed by atoms with E-state index < -0.39 is 0 Å². The van der Waals surface area contributed by atoms with Crippen molar-refractivity contribution in [3.05, 3.63) is 100 Å². The lowest BCUT2D eigenvalue weighted by Crippen LogP contribution is -2.25. The summed E-state index contributed by atoms with van der Waals surface area (Å²) < 4.78 is 0.826. The van der Waals surface area contributed by atoms with Gasteiger partial charge in [-0.3, -0.25) is 4.79 Å². The molecule has 1 atom stereocenters. The van der Waals surface area contributed by atoms with Gasteiger partial charge in [0, 0.05) is 15.5 Å². The maximum atomic E-state index is 12.8. The van der Waals surface area contributed by atoms with Crippen LogP contribution in [0.15, 0.2) is 88.4 Å². The van der Waals surface area contributed by atoms with Crippen LogP contribution < -0.4 is 5.43 Å². The summed E-state index contributed by atoms with van der Waals surface area (Å²) in [4.78, 5) is 12.8. The van der Waals surface area contributed by atoms with Crippen LogP contribution in [0.5, 0.6) is 5.75 Å². The Kier molecular flexibility index (Phi) is 5.01. The van der Waals surface area contributed by atoms with Crippen molar-refractivity contribution >= 4 is 28.1 Å². The molecule has 0 aromatic heterocycles. The van der Waals surface area contributed by atoms with E-state index in [2.05, 4.69) is 50.7 Å². The minimum Gasteiger partial charge on any atom is -0.507 e. The summed E-state index contributed by atoms with van der Waals surface area (Å²) in [6.07, 6.45) is 2.19. The highest BCUT2D eigenvalue weighted by atomic mass is 79.9. The van der Waals surface area contributed by atoms with Crippen molar-refractivity contribution in [2.24, 2.45) is 11.0 Å². The van der Waals surface area contributed by atoms with Crippen molar-refractivity contribution < 1.29 is 9.90 Å². The highest BCUT2D eigenvalue weighted by Gasteiger charge is 2.60. The SMILES string of the molecule is O=C(N/N=C/c1cc(Br)ccc1O)C1CC1(c1ccccc1)c1ccccc1. The summed E-state index contributed by atoms with van der Waals surface area (Å²) in [6.45, 7) is 0. The number of hydrogen-bond donors (Lipinski definition) is 2. The topological polar surface area (TPSA) is 61.7 Å². The number of amides is 1. The van der Waals surface area contributed by atoms with E-state index in [-0.39, 0.29) is 23.0 Å². The Bertz CT molecular complexity index is 980. The molecule has 0 saturated heterocycles.